The number of hydrogen-bond donors (Lipinski definition) is 0. The first-order chi connectivity index (χ1) is 5.93. The van der Waals surface area contributed by atoms with Crippen LogP contribution < -0.4 is 0 Å². The van der Waals surface area contributed by atoms with Gasteiger partial charge in [0.05, 0.1) is 0 Å². The van der Waals surface area contributed by atoms with Gasteiger partial charge in [-0.05, 0) is 19.4 Å². The monoisotopic (exact) mass is 251 g/mol. The summed E-state index contributed by atoms with van der Waals surface area (Å²) in [4.78, 5) is 2.60. The number of unbranched alkanes of at least 4 members (excludes halogenated alkanes) is 2. The van der Waals surface area contributed by atoms with Gasteiger partial charge in [0.15, 0.2) is 0 Å². The van der Waals surface area contributed by atoms with Gasteiger partial charge in [-0.2, -0.15) is 11.8 Å². The summed E-state index contributed by atoms with van der Waals surface area (Å²) in [6, 6.07) is 0. The molecule has 3 heteroatoms. The van der Waals surface area contributed by atoms with Crippen LogP contribution in [0, 0.1) is 0 Å². The predicted molar refractivity (Wildman–Crippen MR) is 61.4 cm³/mol. The van der Waals surface area contributed by atoms with Crippen LogP contribution in [0.15, 0.2) is 0 Å². The Kier molecular flexibility index (Phi) is 6.54. The maximum Gasteiger partial charge on any atom is 0.00727 e. The molecule has 0 aromatic carbocycles. The molecule has 0 aromatic heterocycles. The van der Waals surface area contributed by atoms with Gasteiger partial charge >= 0.3 is 0 Å². The number of thioether (sulfide) groups is 1. The van der Waals surface area contributed by atoms with E-state index in [2.05, 4.69) is 32.6 Å². The van der Waals surface area contributed by atoms with E-state index in [-0.39, 0.29) is 0 Å². The van der Waals surface area contributed by atoms with Crippen LogP contribution in [0.2, 0.25) is 0 Å². The molecule has 72 valence electrons. The molecule has 0 saturated carbocycles. The highest BCUT2D eigenvalue weighted by Crippen LogP contribution is 2.10. The van der Waals surface area contributed by atoms with Crippen molar-refractivity contribution in [1.29, 1.82) is 0 Å². The summed E-state index contributed by atoms with van der Waals surface area (Å²) in [5.74, 6) is 2.69. The van der Waals surface area contributed by atoms with E-state index in [1.165, 1.54) is 55.7 Å². The van der Waals surface area contributed by atoms with E-state index in [0.717, 1.165) is 0 Å². The average Bonchev–Trinajstić information content (AvgIpc) is 2.14. The second kappa shape index (κ2) is 7.22. The zero-order valence-corrected chi connectivity index (χ0v) is 10.00. The van der Waals surface area contributed by atoms with E-state index < -0.39 is 0 Å². The van der Waals surface area contributed by atoms with Crippen molar-refractivity contribution in [3.8, 4) is 0 Å². The van der Waals surface area contributed by atoms with Crippen LogP contribution in [-0.2, 0) is 0 Å². The summed E-state index contributed by atoms with van der Waals surface area (Å²) in [6.07, 6.45) is 4.10. The predicted octanol–water partition coefficient (Wildman–Crippen LogP) is 2.60. The molecular weight excluding hydrogens is 234 g/mol. The first-order valence-corrected chi connectivity index (χ1v) is 7.07. The van der Waals surface area contributed by atoms with Gasteiger partial charge in [-0.3, -0.25) is 0 Å². The molecule has 1 fully saturated rings. The van der Waals surface area contributed by atoms with Crippen molar-refractivity contribution in [3.63, 3.8) is 0 Å². The Balaban J connectivity index is 1.91. The summed E-state index contributed by atoms with van der Waals surface area (Å²) >= 11 is 5.55. The Hall–Kier alpha value is 0.790. The topological polar surface area (TPSA) is 3.24 Å². The van der Waals surface area contributed by atoms with Crippen molar-refractivity contribution < 1.29 is 0 Å². The van der Waals surface area contributed by atoms with Gasteiger partial charge in [-0.1, -0.05) is 22.4 Å². The standard InChI is InChI=1S/C9H18BrNS/c10-4-2-1-3-5-11-6-8-12-9-7-11/h1-9H2. The summed E-state index contributed by atoms with van der Waals surface area (Å²) in [7, 11) is 0. The van der Waals surface area contributed by atoms with E-state index in [9.17, 15) is 0 Å². The highest BCUT2D eigenvalue weighted by atomic mass is 79.9. The Morgan fingerprint density at radius 3 is 2.50 bits per heavy atom. The third-order valence-corrected chi connectivity index (χ3v) is 3.71. The normalized spacial score (nSPS) is 19.8. The summed E-state index contributed by atoms with van der Waals surface area (Å²) < 4.78 is 0. The van der Waals surface area contributed by atoms with Gasteiger partial charge in [0.25, 0.3) is 0 Å². The molecule has 0 unspecified atom stereocenters. The van der Waals surface area contributed by atoms with Gasteiger partial charge in [-0.25, -0.2) is 0 Å². The van der Waals surface area contributed by atoms with Crippen LogP contribution in [0.3, 0.4) is 0 Å². The van der Waals surface area contributed by atoms with Crippen molar-refractivity contribution in [3.05, 3.63) is 0 Å². The summed E-state index contributed by atoms with van der Waals surface area (Å²) in [6.45, 7) is 3.96. The molecular formula is C9H18BrNS. The molecule has 1 rings (SSSR count). The highest BCUT2D eigenvalue weighted by molar-refractivity contribution is 9.09. The lowest BCUT2D eigenvalue weighted by atomic mass is 10.2. The maximum absolute atomic E-state index is 3.46. The van der Waals surface area contributed by atoms with Crippen molar-refractivity contribution >= 4 is 27.7 Å². The second-order valence-corrected chi connectivity index (χ2v) is 5.22. The minimum absolute atomic E-state index is 1.17. The fourth-order valence-corrected chi connectivity index (χ4v) is 2.81. The second-order valence-electron chi connectivity index (χ2n) is 3.20. The lowest BCUT2D eigenvalue weighted by molar-refractivity contribution is 0.295. The minimum Gasteiger partial charge on any atom is -0.302 e. The van der Waals surface area contributed by atoms with E-state index in [0.29, 0.717) is 0 Å². The smallest absolute Gasteiger partial charge is 0.00727 e. The van der Waals surface area contributed by atoms with Crippen LogP contribution in [-0.4, -0.2) is 41.4 Å². The van der Waals surface area contributed by atoms with Gasteiger partial charge in [0.2, 0.25) is 0 Å². The van der Waals surface area contributed by atoms with E-state index in [4.69, 9.17) is 0 Å². The van der Waals surface area contributed by atoms with Gasteiger partial charge in [0, 0.05) is 29.9 Å². The fraction of sp³-hybridized carbons (Fsp3) is 1.00. The molecule has 0 N–H and O–H groups in total. The number of alkyl halides is 1. The quantitative estimate of drug-likeness (QED) is 0.546. The third kappa shape index (κ3) is 4.73. The zero-order valence-electron chi connectivity index (χ0n) is 7.60. The SMILES string of the molecule is BrCCCCCN1CCSCC1. The largest absolute Gasteiger partial charge is 0.302 e. The van der Waals surface area contributed by atoms with Gasteiger partial charge in [0.1, 0.15) is 0 Å². The van der Waals surface area contributed by atoms with Crippen molar-refractivity contribution in [1.82, 2.24) is 4.90 Å². The molecule has 0 aromatic rings. The Morgan fingerprint density at radius 2 is 1.83 bits per heavy atom. The van der Waals surface area contributed by atoms with Crippen molar-refractivity contribution in [2.24, 2.45) is 0 Å². The molecule has 1 nitrogen and oxygen atoms in total. The molecule has 0 amide bonds. The number of hydrogen-bond acceptors (Lipinski definition) is 2. The summed E-state index contributed by atoms with van der Waals surface area (Å²) in [5, 5.41) is 1.17. The van der Waals surface area contributed by atoms with Gasteiger partial charge in [-0.15, -0.1) is 0 Å². The highest BCUT2D eigenvalue weighted by Gasteiger charge is 2.08. The van der Waals surface area contributed by atoms with E-state index in [1.54, 1.807) is 0 Å². The molecule has 1 saturated heterocycles. The minimum atomic E-state index is 1.17. The molecule has 12 heavy (non-hydrogen) atoms. The Bertz CT molecular complexity index is 105. The van der Waals surface area contributed by atoms with Crippen LogP contribution in [0.1, 0.15) is 19.3 Å². The number of rotatable bonds is 5. The third-order valence-electron chi connectivity index (χ3n) is 2.21. The lowest BCUT2D eigenvalue weighted by Crippen LogP contribution is -2.33. The van der Waals surface area contributed by atoms with Crippen molar-refractivity contribution in [2.75, 3.05) is 36.5 Å². The maximum atomic E-state index is 3.46. The molecule has 1 aliphatic heterocycles. The zero-order chi connectivity index (χ0) is 8.65. The number of nitrogens with zero attached hydrogens (tertiary/aromatic N) is 1. The summed E-state index contributed by atoms with van der Waals surface area (Å²) in [5.41, 5.74) is 0. The molecule has 0 bridgehead atoms. The van der Waals surface area contributed by atoms with Crippen LogP contribution >= 0.6 is 27.7 Å². The van der Waals surface area contributed by atoms with Crippen LogP contribution in [0.5, 0.6) is 0 Å². The average molecular weight is 252 g/mol. The molecule has 0 spiro atoms. The first kappa shape index (κ1) is 10.9. The van der Waals surface area contributed by atoms with Crippen LogP contribution in [0.4, 0.5) is 0 Å². The van der Waals surface area contributed by atoms with Gasteiger partial charge < -0.3 is 4.90 Å². The lowest BCUT2D eigenvalue weighted by Gasteiger charge is -2.25. The molecule has 0 radical (unpaired) electrons. The Morgan fingerprint density at radius 1 is 1.08 bits per heavy atom. The fourth-order valence-electron chi connectivity index (χ4n) is 1.43. The Labute approximate surface area is 88.4 Å². The molecule has 1 heterocycles. The van der Waals surface area contributed by atoms with E-state index >= 15 is 0 Å². The molecule has 0 aliphatic carbocycles. The first-order valence-electron chi connectivity index (χ1n) is 4.79. The molecule has 0 atom stereocenters. The van der Waals surface area contributed by atoms with Crippen molar-refractivity contribution in [2.45, 2.75) is 19.3 Å². The number of halogens is 1. The van der Waals surface area contributed by atoms with Crippen LogP contribution in [0.25, 0.3) is 0 Å². The molecule has 1 aliphatic rings. The van der Waals surface area contributed by atoms with E-state index in [1.807, 2.05) is 0 Å².